The Morgan fingerprint density at radius 1 is 1.04 bits per heavy atom. The monoisotopic (exact) mass is 423 g/mol. The minimum absolute atomic E-state index is 0.00933. The first-order chi connectivity index (χ1) is 12.7. The van der Waals surface area contributed by atoms with Gasteiger partial charge in [0.25, 0.3) is 0 Å². The van der Waals surface area contributed by atoms with Crippen LogP contribution in [0.5, 0.6) is 0 Å². The van der Waals surface area contributed by atoms with Gasteiger partial charge < -0.3 is 0 Å². The topological polar surface area (TPSA) is 55.2 Å². The fourth-order valence-electron chi connectivity index (χ4n) is 2.88. The standard InChI is InChI=1S/C19H19Cl2N3O2S/c1-13-16(14(2)24(22-13)15-8-5-4-6-9-15)12-23(3)27(25,26)18-11-7-10-17(20)19(18)21/h4-11H,12H2,1-3H3. The van der Waals surface area contributed by atoms with Crippen molar-refractivity contribution in [2.24, 2.45) is 0 Å². The lowest BCUT2D eigenvalue weighted by Gasteiger charge is -2.18. The van der Waals surface area contributed by atoms with E-state index in [2.05, 4.69) is 5.10 Å². The lowest BCUT2D eigenvalue weighted by atomic mass is 10.2. The zero-order valence-corrected chi connectivity index (χ0v) is 17.5. The summed E-state index contributed by atoms with van der Waals surface area (Å²) in [5.41, 5.74) is 3.43. The first-order valence-electron chi connectivity index (χ1n) is 8.24. The summed E-state index contributed by atoms with van der Waals surface area (Å²) in [6.45, 7) is 3.97. The summed E-state index contributed by atoms with van der Waals surface area (Å²) in [5, 5.41) is 4.80. The van der Waals surface area contributed by atoms with Gasteiger partial charge in [-0.1, -0.05) is 47.5 Å². The third-order valence-electron chi connectivity index (χ3n) is 4.43. The highest BCUT2D eigenvalue weighted by atomic mass is 35.5. The SMILES string of the molecule is Cc1nn(-c2ccccc2)c(C)c1CN(C)S(=O)(=O)c1cccc(Cl)c1Cl. The van der Waals surface area contributed by atoms with Crippen molar-refractivity contribution in [3.05, 3.63) is 75.5 Å². The maximum atomic E-state index is 13.0. The molecule has 3 aromatic rings. The van der Waals surface area contributed by atoms with Crippen LogP contribution in [0.15, 0.2) is 53.4 Å². The molecule has 1 aromatic heterocycles. The molecule has 5 nitrogen and oxygen atoms in total. The summed E-state index contributed by atoms with van der Waals surface area (Å²) in [7, 11) is -2.28. The molecule has 142 valence electrons. The highest BCUT2D eigenvalue weighted by Gasteiger charge is 2.26. The van der Waals surface area contributed by atoms with Gasteiger partial charge in [0.2, 0.25) is 10.0 Å². The van der Waals surface area contributed by atoms with E-state index in [9.17, 15) is 8.42 Å². The van der Waals surface area contributed by atoms with Crippen molar-refractivity contribution < 1.29 is 8.42 Å². The number of sulfonamides is 1. The minimum atomic E-state index is -3.80. The first-order valence-corrected chi connectivity index (χ1v) is 10.4. The third kappa shape index (κ3) is 3.75. The van der Waals surface area contributed by atoms with E-state index in [0.29, 0.717) is 0 Å². The molecule has 1 heterocycles. The minimum Gasteiger partial charge on any atom is -0.238 e. The Morgan fingerprint density at radius 2 is 1.70 bits per heavy atom. The lowest BCUT2D eigenvalue weighted by molar-refractivity contribution is 0.465. The molecule has 8 heteroatoms. The Bertz CT molecular complexity index is 1080. The van der Waals surface area contributed by atoms with Crippen LogP contribution in [0, 0.1) is 13.8 Å². The van der Waals surface area contributed by atoms with Crippen LogP contribution < -0.4 is 0 Å². The number of halogens is 2. The van der Waals surface area contributed by atoms with Crippen molar-refractivity contribution in [3.63, 3.8) is 0 Å². The number of rotatable bonds is 5. The van der Waals surface area contributed by atoms with Crippen molar-refractivity contribution in [2.75, 3.05) is 7.05 Å². The maximum Gasteiger partial charge on any atom is 0.244 e. The quantitative estimate of drug-likeness (QED) is 0.601. The van der Waals surface area contributed by atoms with Crippen molar-refractivity contribution in [2.45, 2.75) is 25.3 Å². The summed E-state index contributed by atoms with van der Waals surface area (Å²) in [5.74, 6) is 0. The maximum absolute atomic E-state index is 13.0. The van der Waals surface area contributed by atoms with E-state index in [-0.39, 0.29) is 21.5 Å². The van der Waals surface area contributed by atoms with E-state index in [4.69, 9.17) is 23.2 Å². The zero-order valence-electron chi connectivity index (χ0n) is 15.1. The molecule has 0 saturated carbocycles. The molecular formula is C19H19Cl2N3O2S. The Labute approximate surface area is 169 Å². The Kier molecular flexibility index (Phi) is 5.63. The van der Waals surface area contributed by atoms with E-state index < -0.39 is 10.0 Å². The van der Waals surface area contributed by atoms with Crippen LogP contribution in [0.4, 0.5) is 0 Å². The van der Waals surface area contributed by atoms with E-state index in [1.54, 1.807) is 12.1 Å². The molecule has 0 atom stereocenters. The number of aromatic nitrogens is 2. The van der Waals surface area contributed by atoms with E-state index >= 15 is 0 Å². The fraction of sp³-hybridized carbons (Fsp3) is 0.211. The average Bonchev–Trinajstić information content (AvgIpc) is 2.92. The molecule has 0 fully saturated rings. The van der Waals surface area contributed by atoms with E-state index in [1.165, 1.54) is 17.4 Å². The Hall–Kier alpha value is -1.86. The first kappa shape index (κ1) is 19.9. The molecule has 27 heavy (non-hydrogen) atoms. The van der Waals surface area contributed by atoms with Crippen LogP contribution in [0.25, 0.3) is 5.69 Å². The van der Waals surface area contributed by atoms with Crippen LogP contribution in [0.1, 0.15) is 17.0 Å². The number of aryl methyl sites for hydroxylation is 1. The van der Waals surface area contributed by atoms with Crippen molar-refractivity contribution >= 4 is 33.2 Å². The van der Waals surface area contributed by atoms with Gasteiger partial charge in [-0.2, -0.15) is 9.40 Å². The molecule has 0 unspecified atom stereocenters. The van der Waals surface area contributed by atoms with Gasteiger partial charge in [-0.15, -0.1) is 0 Å². The summed E-state index contributed by atoms with van der Waals surface area (Å²) in [6, 6.07) is 14.3. The van der Waals surface area contributed by atoms with Crippen molar-refractivity contribution in [3.8, 4) is 5.69 Å². The second kappa shape index (κ2) is 7.64. The molecule has 0 N–H and O–H groups in total. The van der Waals surface area contributed by atoms with Gasteiger partial charge in [0.05, 0.1) is 21.4 Å². The number of hydrogen-bond acceptors (Lipinski definition) is 3. The summed E-state index contributed by atoms with van der Waals surface area (Å²) in [4.78, 5) is -0.00933. The zero-order chi connectivity index (χ0) is 19.8. The van der Waals surface area contributed by atoms with Crippen molar-refractivity contribution in [1.82, 2.24) is 14.1 Å². The molecule has 0 aliphatic heterocycles. The van der Waals surface area contributed by atoms with Crippen LogP contribution >= 0.6 is 23.2 Å². The highest BCUT2D eigenvalue weighted by molar-refractivity contribution is 7.89. The predicted molar refractivity (Wildman–Crippen MR) is 108 cm³/mol. The van der Waals surface area contributed by atoms with Gasteiger partial charge in [-0.3, -0.25) is 0 Å². The third-order valence-corrected chi connectivity index (χ3v) is 7.20. The normalized spacial score (nSPS) is 11.9. The summed E-state index contributed by atoms with van der Waals surface area (Å²) in [6.07, 6.45) is 0. The fourth-order valence-corrected chi connectivity index (χ4v) is 4.75. The van der Waals surface area contributed by atoms with Gasteiger partial charge in [0, 0.05) is 24.8 Å². The highest BCUT2D eigenvalue weighted by Crippen LogP contribution is 2.31. The van der Waals surface area contributed by atoms with Gasteiger partial charge in [0.15, 0.2) is 0 Å². The molecule has 3 rings (SSSR count). The van der Waals surface area contributed by atoms with Gasteiger partial charge in [0.1, 0.15) is 4.90 Å². The van der Waals surface area contributed by atoms with E-state index in [0.717, 1.165) is 22.6 Å². The largest absolute Gasteiger partial charge is 0.244 e. The smallest absolute Gasteiger partial charge is 0.238 e. The lowest BCUT2D eigenvalue weighted by Crippen LogP contribution is -2.27. The van der Waals surface area contributed by atoms with Crippen LogP contribution in [0.3, 0.4) is 0 Å². The molecule has 0 radical (unpaired) electrons. The number of nitrogens with zero attached hydrogens (tertiary/aromatic N) is 3. The van der Waals surface area contributed by atoms with Gasteiger partial charge in [-0.05, 0) is 38.1 Å². The van der Waals surface area contributed by atoms with Crippen LogP contribution in [-0.2, 0) is 16.6 Å². The predicted octanol–water partition coefficient (Wildman–Crippen LogP) is 4.62. The average molecular weight is 424 g/mol. The molecule has 0 amide bonds. The number of para-hydroxylation sites is 1. The number of benzene rings is 2. The number of hydrogen-bond donors (Lipinski definition) is 0. The second-order valence-corrected chi connectivity index (χ2v) is 9.01. The Morgan fingerprint density at radius 3 is 2.37 bits per heavy atom. The van der Waals surface area contributed by atoms with Crippen molar-refractivity contribution in [1.29, 1.82) is 0 Å². The van der Waals surface area contributed by atoms with Crippen LogP contribution in [0.2, 0.25) is 10.0 Å². The summed E-state index contributed by atoms with van der Waals surface area (Å²) >= 11 is 12.1. The van der Waals surface area contributed by atoms with Gasteiger partial charge >= 0.3 is 0 Å². The van der Waals surface area contributed by atoms with E-state index in [1.807, 2.05) is 48.9 Å². The molecule has 2 aromatic carbocycles. The molecule has 0 spiro atoms. The molecule has 0 aliphatic carbocycles. The van der Waals surface area contributed by atoms with Gasteiger partial charge in [-0.25, -0.2) is 13.1 Å². The molecule has 0 bridgehead atoms. The second-order valence-electron chi connectivity index (χ2n) is 6.21. The molecular weight excluding hydrogens is 405 g/mol. The summed E-state index contributed by atoms with van der Waals surface area (Å²) < 4.78 is 29.0. The Balaban J connectivity index is 1.96. The molecule has 0 aliphatic rings. The molecule has 0 saturated heterocycles. The van der Waals surface area contributed by atoms with Crippen LogP contribution in [-0.4, -0.2) is 29.6 Å².